The van der Waals surface area contributed by atoms with Crippen molar-refractivity contribution < 1.29 is 9.53 Å². The van der Waals surface area contributed by atoms with Crippen LogP contribution in [0.15, 0.2) is 83.9 Å². The lowest BCUT2D eigenvalue weighted by atomic mass is 10.1. The van der Waals surface area contributed by atoms with E-state index in [4.69, 9.17) is 4.74 Å². The van der Waals surface area contributed by atoms with Crippen LogP contribution in [-0.4, -0.2) is 28.8 Å². The van der Waals surface area contributed by atoms with Gasteiger partial charge in [-0.25, -0.2) is 0 Å². The Morgan fingerprint density at radius 3 is 2.25 bits per heavy atom. The summed E-state index contributed by atoms with van der Waals surface area (Å²) in [6, 6.07) is 25.2. The van der Waals surface area contributed by atoms with Gasteiger partial charge in [-0.05, 0) is 24.3 Å². The molecule has 0 saturated carbocycles. The number of nitrogens with zero attached hydrogens (tertiary/aromatic N) is 2. The van der Waals surface area contributed by atoms with Crippen molar-refractivity contribution >= 4 is 28.3 Å². The fourth-order valence-corrected chi connectivity index (χ4v) is 3.86. The van der Waals surface area contributed by atoms with Crippen molar-refractivity contribution in [3.05, 3.63) is 84.4 Å². The Morgan fingerprint density at radius 1 is 0.857 bits per heavy atom. The van der Waals surface area contributed by atoms with E-state index in [9.17, 15) is 4.79 Å². The standard InChI is InChI=1S/C23H18N2O2S/c1-27-18-13-11-16(12-14-18)21(26)15-28-23-20-10-6-5-9-19(20)22(24-25-23)17-7-3-2-4-8-17/h2-14H,15H2,1H3. The predicted octanol–water partition coefficient (Wildman–Crippen LogP) is 5.28. The third kappa shape index (κ3) is 3.75. The van der Waals surface area contributed by atoms with E-state index in [1.807, 2.05) is 54.6 Å². The van der Waals surface area contributed by atoms with Crippen LogP contribution in [0.25, 0.3) is 22.0 Å². The summed E-state index contributed by atoms with van der Waals surface area (Å²) in [6.07, 6.45) is 0. The largest absolute Gasteiger partial charge is 0.497 e. The molecule has 4 aromatic rings. The lowest BCUT2D eigenvalue weighted by Gasteiger charge is -2.09. The van der Waals surface area contributed by atoms with Crippen molar-refractivity contribution in [2.45, 2.75) is 5.03 Å². The summed E-state index contributed by atoms with van der Waals surface area (Å²) >= 11 is 1.41. The van der Waals surface area contributed by atoms with E-state index in [1.54, 1.807) is 31.4 Å². The minimum Gasteiger partial charge on any atom is -0.497 e. The van der Waals surface area contributed by atoms with Crippen molar-refractivity contribution in [1.82, 2.24) is 10.2 Å². The van der Waals surface area contributed by atoms with Crippen molar-refractivity contribution in [2.75, 3.05) is 12.9 Å². The summed E-state index contributed by atoms with van der Waals surface area (Å²) in [4.78, 5) is 12.5. The molecule has 0 radical (unpaired) electrons. The maximum atomic E-state index is 12.5. The Morgan fingerprint density at radius 2 is 1.54 bits per heavy atom. The average Bonchev–Trinajstić information content (AvgIpc) is 2.78. The highest BCUT2D eigenvalue weighted by Gasteiger charge is 2.13. The quantitative estimate of drug-likeness (QED) is 0.333. The van der Waals surface area contributed by atoms with Gasteiger partial charge in [-0.1, -0.05) is 66.4 Å². The number of carbonyl (C=O) groups is 1. The van der Waals surface area contributed by atoms with Crippen LogP contribution in [0.5, 0.6) is 5.75 Å². The third-order valence-electron chi connectivity index (χ3n) is 4.45. The number of Topliss-reactive ketones (excluding diaryl/α,β-unsaturated/α-hetero) is 1. The molecule has 4 rings (SSSR count). The molecule has 0 spiro atoms. The summed E-state index contributed by atoms with van der Waals surface area (Å²) in [5.74, 6) is 1.08. The first-order valence-corrected chi connectivity index (χ1v) is 9.86. The molecule has 3 aromatic carbocycles. The Hall–Kier alpha value is -3.18. The van der Waals surface area contributed by atoms with Crippen LogP contribution in [0.3, 0.4) is 0 Å². The molecule has 1 aromatic heterocycles. The predicted molar refractivity (Wildman–Crippen MR) is 113 cm³/mol. The normalized spacial score (nSPS) is 10.8. The number of hydrogen-bond donors (Lipinski definition) is 0. The lowest BCUT2D eigenvalue weighted by molar-refractivity contribution is 0.102. The highest BCUT2D eigenvalue weighted by molar-refractivity contribution is 8.00. The topological polar surface area (TPSA) is 52.1 Å². The van der Waals surface area contributed by atoms with Gasteiger partial charge < -0.3 is 4.74 Å². The number of hydrogen-bond acceptors (Lipinski definition) is 5. The summed E-state index contributed by atoms with van der Waals surface area (Å²) in [6.45, 7) is 0. The molecule has 28 heavy (non-hydrogen) atoms. The number of benzene rings is 3. The second kappa shape index (κ2) is 8.23. The van der Waals surface area contributed by atoms with Gasteiger partial charge >= 0.3 is 0 Å². The molecule has 0 atom stereocenters. The van der Waals surface area contributed by atoms with E-state index in [0.29, 0.717) is 11.3 Å². The molecule has 0 amide bonds. The Labute approximate surface area is 167 Å². The lowest BCUT2D eigenvalue weighted by Crippen LogP contribution is -2.03. The van der Waals surface area contributed by atoms with Crippen LogP contribution in [0.4, 0.5) is 0 Å². The number of ketones is 1. The number of carbonyl (C=O) groups excluding carboxylic acids is 1. The van der Waals surface area contributed by atoms with E-state index in [1.165, 1.54) is 11.8 Å². The smallest absolute Gasteiger partial charge is 0.173 e. The highest BCUT2D eigenvalue weighted by atomic mass is 32.2. The Balaban J connectivity index is 1.60. The average molecular weight is 386 g/mol. The van der Waals surface area contributed by atoms with Crippen LogP contribution in [0.1, 0.15) is 10.4 Å². The molecular formula is C23H18N2O2S. The fourth-order valence-electron chi connectivity index (χ4n) is 2.99. The van der Waals surface area contributed by atoms with Crippen LogP contribution < -0.4 is 4.74 Å². The molecule has 1 heterocycles. The number of methoxy groups -OCH3 is 1. The number of aromatic nitrogens is 2. The zero-order chi connectivity index (χ0) is 19.3. The monoisotopic (exact) mass is 386 g/mol. The van der Waals surface area contributed by atoms with Gasteiger partial charge in [0, 0.05) is 21.9 Å². The first-order chi connectivity index (χ1) is 13.8. The van der Waals surface area contributed by atoms with Gasteiger partial charge in [0.05, 0.1) is 12.9 Å². The van der Waals surface area contributed by atoms with Gasteiger partial charge in [0.2, 0.25) is 0 Å². The third-order valence-corrected chi connectivity index (χ3v) is 5.43. The summed E-state index contributed by atoms with van der Waals surface area (Å²) in [5, 5.41) is 11.7. The second-order valence-corrected chi connectivity index (χ2v) is 7.17. The van der Waals surface area contributed by atoms with Crippen molar-refractivity contribution in [3.8, 4) is 17.0 Å². The summed E-state index contributed by atoms with van der Waals surface area (Å²) < 4.78 is 5.14. The molecule has 0 aliphatic carbocycles. The summed E-state index contributed by atoms with van der Waals surface area (Å²) in [7, 11) is 1.61. The Bertz CT molecular complexity index is 1110. The maximum absolute atomic E-state index is 12.5. The van der Waals surface area contributed by atoms with Gasteiger partial charge in [0.25, 0.3) is 0 Å². The number of thioether (sulfide) groups is 1. The molecule has 0 aliphatic heterocycles. The van der Waals surface area contributed by atoms with Crippen molar-refractivity contribution in [3.63, 3.8) is 0 Å². The van der Waals surface area contributed by atoms with E-state index in [2.05, 4.69) is 10.2 Å². The maximum Gasteiger partial charge on any atom is 0.173 e. The Kier molecular flexibility index (Phi) is 5.35. The highest BCUT2D eigenvalue weighted by Crippen LogP contribution is 2.31. The number of fused-ring (bicyclic) bond motifs is 1. The fraction of sp³-hybridized carbons (Fsp3) is 0.0870. The van der Waals surface area contributed by atoms with E-state index in [0.717, 1.165) is 32.8 Å². The molecule has 0 unspecified atom stereocenters. The zero-order valence-corrected chi connectivity index (χ0v) is 16.1. The first kappa shape index (κ1) is 18.2. The van der Waals surface area contributed by atoms with Crippen LogP contribution in [0, 0.1) is 0 Å². The zero-order valence-electron chi connectivity index (χ0n) is 15.3. The molecule has 0 aliphatic rings. The molecule has 0 bridgehead atoms. The van der Waals surface area contributed by atoms with Crippen LogP contribution in [0.2, 0.25) is 0 Å². The second-order valence-electron chi connectivity index (χ2n) is 6.21. The molecule has 138 valence electrons. The molecule has 0 saturated heterocycles. The SMILES string of the molecule is COc1ccc(C(=O)CSc2nnc(-c3ccccc3)c3ccccc23)cc1. The van der Waals surface area contributed by atoms with Crippen LogP contribution in [-0.2, 0) is 0 Å². The van der Waals surface area contributed by atoms with Crippen molar-refractivity contribution in [1.29, 1.82) is 0 Å². The number of ether oxygens (including phenoxy) is 1. The molecular weight excluding hydrogens is 368 g/mol. The molecule has 0 fully saturated rings. The van der Waals surface area contributed by atoms with E-state index in [-0.39, 0.29) is 5.78 Å². The summed E-state index contributed by atoms with van der Waals surface area (Å²) in [5.41, 5.74) is 2.53. The van der Waals surface area contributed by atoms with Gasteiger partial charge in [-0.3, -0.25) is 4.79 Å². The minimum atomic E-state index is 0.0469. The molecule has 0 N–H and O–H groups in total. The van der Waals surface area contributed by atoms with Gasteiger partial charge in [0.15, 0.2) is 5.78 Å². The minimum absolute atomic E-state index is 0.0469. The number of rotatable bonds is 6. The van der Waals surface area contributed by atoms with Gasteiger partial charge in [-0.15, -0.1) is 10.2 Å². The first-order valence-electron chi connectivity index (χ1n) is 8.87. The van der Waals surface area contributed by atoms with E-state index < -0.39 is 0 Å². The van der Waals surface area contributed by atoms with Gasteiger partial charge in [-0.2, -0.15) is 0 Å². The van der Waals surface area contributed by atoms with Crippen LogP contribution >= 0.6 is 11.8 Å². The molecule has 4 nitrogen and oxygen atoms in total. The van der Waals surface area contributed by atoms with Crippen molar-refractivity contribution in [2.24, 2.45) is 0 Å². The molecule has 5 heteroatoms. The van der Waals surface area contributed by atoms with Gasteiger partial charge in [0.1, 0.15) is 16.5 Å². The van der Waals surface area contributed by atoms with E-state index >= 15 is 0 Å².